The number of carbonyl (C=O) groups excluding carboxylic acids is 1. The number of nitrogen functional groups attached to an aromatic ring is 1. The van der Waals surface area contributed by atoms with Crippen LogP contribution in [0.4, 0.5) is 5.69 Å². The van der Waals surface area contributed by atoms with Gasteiger partial charge in [-0.25, -0.2) is 0 Å². The van der Waals surface area contributed by atoms with E-state index < -0.39 is 6.10 Å². The molecule has 100 valence electrons. The Morgan fingerprint density at radius 1 is 1.50 bits per heavy atom. The van der Waals surface area contributed by atoms with Gasteiger partial charge >= 0.3 is 0 Å². The van der Waals surface area contributed by atoms with Crippen molar-refractivity contribution in [3.63, 3.8) is 0 Å². The SMILES string of the molecule is COc1ccc(C(=O)C(C)NCC(C)O)cc1N. The van der Waals surface area contributed by atoms with Gasteiger partial charge in [-0.2, -0.15) is 0 Å². The largest absolute Gasteiger partial charge is 0.495 e. The number of aliphatic hydroxyl groups is 1. The lowest BCUT2D eigenvalue weighted by Gasteiger charge is -2.14. The van der Waals surface area contributed by atoms with E-state index in [0.29, 0.717) is 23.5 Å². The van der Waals surface area contributed by atoms with Crippen molar-refractivity contribution >= 4 is 11.5 Å². The summed E-state index contributed by atoms with van der Waals surface area (Å²) in [5.74, 6) is 0.487. The van der Waals surface area contributed by atoms with Crippen LogP contribution in [-0.2, 0) is 0 Å². The second kappa shape index (κ2) is 6.37. The number of nitrogens with two attached hydrogens (primary N) is 1. The summed E-state index contributed by atoms with van der Waals surface area (Å²) in [4.78, 5) is 12.1. The molecule has 0 bridgehead atoms. The molecule has 0 amide bonds. The van der Waals surface area contributed by atoms with Crippen molar-refractivity contribution in [3.8, 4) is 5.75 Å². The van der Waals surface area contributed by atoms with Crippen molar-refractivity contribution in [1.82, 2.24) is 5.32 Å². The van der Waals surface area contributed by atoms with Crippen LogP contribution in [0.1, 0.15) is 24.2 Å². The first-order valence-corrected chi connectivity index (χ1v) is 5.85. The second-order valence-corrected chi connectivity index (χ2v) is 4.30. The Labute approximate surface area is 107 Å². The van der Waals surface area contributed by atoms with Crippen molar-refractivity contribution in [2.75, 3.05) is 19.4 Å². The summed E-state index contributed by atoms with van der Waals surface area (Å²) in [6, 6.07) is 4.58. The van der Waals surface area contributed by atoms with E-state index in [4.69, 9.17) is 15.6 Å². The number of methoxy groups -OCH3 is 1. The van der Waals surface area contributed by atoms with Crippen LogP contribution in [0.3, 0.4) is 0 Å². The van der Waals surface area contributed by atoms with Crippen LogP contribution in [0.5, 0.6) is 5.75 Å². The van der Waals surface area contributed by atoms with Crippen LogP contribution < -0.4 is 15.8 Å². The van der Waals surface area contributed by atoms with E-state index in [-0.39, 0.29) is 11.8 Å². The highest BCUT2D eigenvalue weighted by atomic mass is 16.5. The highest BCUT2D eigenvalue weighted by Gasteiger charge is 2.16. The predicted octanol–water partition coefficient (Wildman–Crippen LogP) is 0.819. The van der Waals surface area contributed by atoms with Crippen LogP contribution in [0.2, 0.25) is 0 Å². The molecule has 2 atom stereocenters. The number of anilines is 1. The molecule has 0 heterocycles. The lowest BCUT2D eigenvalue weighted by Crippen LogP contribution is -2.38. The predicted molar refractivity (Wildman–Crippen MR) is 70.9 cm³/mol. The van der Waals surface area contributed by atoms with E-state index in [2.05, 4.69) is 5.32 Å². The third kappa shape index (κ3) is 3.72. The lowest BCUT2D eigenvalue weighted by molar-refractivity contribution is 0.0941. The minimum absolute atomic E-state index is 0.0648. The molecule has 1 aromatic carbocycles. The number of ether oxygens (including phenoxy) is 1. The molecule has 0 aliphatic rings. The molecule has 5 nitrogen and oxygen atoms in total. The maximum atomic E-state index is 12.1. The van der Waals surface area contributed by atoms with E-state index in [0.717, 1.165) is 0 Å². The molecule has 18 heavy (non-hydrogen) atoms. The molecule has 0 spiro atoms. The number of Topliss-reactive ketones (excluding diaryl/α,β-unsaturated/α-hetero) is 1. The second-order valence-electron chi connectivity index (χ2n) is 4.30. The van der Waals surface area contributed by atoms with Crippen molar-refractivity contribution < 1.29 is 14.6 Å². The number of rotatable bonds is 6. The molecule has 0 aliphatic carbocycles. The first-order valence-electron chi connectivity index (χ1n) is 5.85. The zero-order valence-corrected chi connectivity index (χ0v) is 10.9. The molecule has 4 N–H and O–H groups in total. The Kier molecular flexibility index (Phi) is 5.12. The number of nitrogens with one attached hydrogen (secondary N) is 1. The number of hydrogen-bond acceptors (Lipinski definition) is 5. The van der Waals surface area contributed by atoms with Gasteiger partial charge in [0.2, 0.25) is 0 Å². The Bertz CT molecular complexity index is 419. The van der Waals surface area contributed by atoms with Gasteiger partial charge in [-0.3, -0.25) is 4.79 Å². The fourth-order valence-electron chi connectivity index (χ4n) is 1.58. The lowest BCUT2D eigenvalue weighted by atomic mass is 10.0. The Morgan fingerprint density at radius 3 is 2.67 bits per heavy atom. The maximum absolute atomic E-state index is 12.1. The number of benzene rings is 1. The summed E-state index contributed by atoms with van der Waals surface area (Å²) in [6.07, 6.45) is -0.485. The quantitative estimate of drug-likeness (QED) is 0.515. The molecule has 0 saturated heterocycles. The van der Waals surface area contributed by atoms with Crippen molar-refractivity contribution in [2.45, 2.75) is 26.0 Å². The summed E-state index contributed by atoms with van der Waals surface area (Å²) in [6.45, 7) is 3.79. The van der Waals surface area contributed by atoms with Gasteiger partial charge in [-0.05, 0) is 32.0 Å². The zero-order chi connectivity index (χ0) is 13.7. The topological polar surface area (TPSA) is 84.6 Å². The van der Waals surface area contributed by atoms with Crippen molar-refractivity contribution in [2.24, 2.45) is 0 Å². The zero-order valence-electron chi connectivity index (χ0n) is 10.9. The molecule has 1 aromatic rings. The van der Waals surface area contributed by atoms with Crippen LogP contribution in [0.25, 0.3) is 0 Å². The van der Waals surface area contributed by atoms with Gasteiger partial charge in [-0.1, -0.05) is 0 Å². The smallest absolute Gasteiger partial charge is 0.179 e. The van der Waals surface area contributed by atoms with Gasteiger partial charge in [0.15, 0.2) is 5.78 Å². The van der Waals surface area contributed by atoms with Crippen LogP contribution in [-0.4, -0.2) is 36.7 Å². The van der Waals surface area contributed by atoms with Gasteiger partial charge in [0.1, 0.15) is 5.75 Å². The van der Waals surface area contributed by atoms with Gasteiger partial charge in [0, 0.05) is 12.1 Å². The Balaban J connectivity index is 2.74. The van der Waals surface area contributed by atoms with Gasteiger partial charge in [0.05, 0.1) is 24.9 Å². The van der Waals surface area contributed by atoms with E-state index in [9.17, 15) is 4.79 Å². The number of hydrogen-bond donors (Lipinski definition) is 3. The summed E-state index contributed by atoms with van der Waals surface area (Å²) >= 11 is 0. The summed E-state index contributed by atoms with van der Waals surface area (Å²) in [7, 11) is 1.53. The number of ketones is 1. The molecular weight excluding hydrogens is 232 g/mol. The average Bonchev–Trinajstić information content (AvgIpc) is 2.34. The summed E-state index contributed by atoms with van der Waals surface area (Å²) in [5, 5.41) is 12.1. The highest BCUT2D eigenvalue weighted by molar-refractivity contribution is 6.00. The minimum atomic E-state index is -0.485. The van der Waals surface area contributed by atoms with Crippen molar-refractivity contribution in [1.29, 1.82) is 0 Å². The number of carbonyl (C=O) groups is 1. The molecule has 1 rings (SSSR count). The van der Waals surface area contributed by atoms with E-state index in [1.165, 1.54) is 7.11 Å². The summed E-state index contributed by atoms with van der Waals surface area (Å²) < 4.78 is 5.03. The normalized spacial score (nSPS) is 14.0. The standard InChI is InChI=1S/C13H20N2O3/c1-8(16)7-15-9(2)13(17)10-4-5-12(18-3)11(14)6-10/h4-6,8-9,15-16H,7,14H2,1-3H3. The van der Waals surface area contributed by atoms with E-state index in [1.807, 2.05) is 0 Å². The highest BCUT2D eigenvalue weighted by Crippen LogP contribution is 2.22. The third-order valence-corrected chi connectivity index (χ3v) is 2.63. The summed E-state index contributed by atoms with van der Waals surface area (Å²) in [5.41, 5.74) is 6.72. The Morgan fingerprint density at radius 2 is 2.17 bits per heavy atom. The maximum Gasteiger partial charge on any atom is 0.179 e. The molecule has 5 heteroatoms. The van der Waals surface area contributed by atoms with Gasteiger partial charge in [0.25, 0.3) is 0 Å². The average molecular weight is 252 g/mol. The fourth-order valence-corrected chi connectivity index (χ4v) is 1.58. The fraction of sp³-hybridized carbons (Fsp3) is 0.462. The number of aliphatic hydroxyl groups excluding tert-OH is 1. The van der Waals surface area contributed by atoms with E-state index in [1.54, 1.807) is 32.0 Å². The minimum Gasteiger partial charge on any atom is -0.495 e. The molecular formula is C13H20N2O3. The molecule has 0 aliphatic heterocycles. The molecule has 0 saturated carbocycles. The molecule has 2 unspecified atom stereocenters. The van der Waals surface area contributed by atoms with Crippen LogP contribution in [0.15, 0.2) is 18.2 Å². The molecule has 0 aromatic heterocycles. The third-order valence-electron chi connectivity index (χ3n) is 2.63. The molecule has 0 fully saturated rings. The van der Waals surface area contributed by atoms with Gasteiger partial charge < -0.3 is 20.9 Å². The first-order chi connectivity index (χ1) is 8.45. The van der Waals surface area contributed by atoms with Crippen LogP contribution in [0, 0.1) is 0 Å². The monoisotopic (exact) mass is 252 g/mol. The first kappa shape index (κ1) is 14.5. The van der Waals surface area contributed by atoms with Gasteiger partial charge in [-0.15, -0.1) is 0 Å². The van der Waals surface area contributed by atoms with Crippen LogP contribution >= 0.6 is 0 Å². The Hall–Kier alpha value is -1.59. The molecule has 0 radical (unpaired) electrons. The van der Waals surface area contributed by atoms with E-state index >= 15 is 0 Å². The van der Waals surface area contributed by atoms with Crippen molar-refractivity contribution in [3.05, 3.63) is 23.8 Å².